The molecule has 26 heavy (non-hydrogen) atoms. The van der Waals surface area contributed by atoms with E-state index in [1.807, 2.05) is 0 Å². The van der Waals surface area contributed by atoms with Crippen LogP contribution in [0.2, 0.25) is 0 Å². The minimum absolute atomic E-state index is 0.0509. The first-order valence-electron chi connectivity index (χ1n) is 8.77. The number of carbonyl (C=O) groups excluding carboxylic acids is 1. The van der Waals surface area contributed by atoms with Crippen molar-refractivity contribution in [1.82, 2.24) is 15.1 Å². The van der Waals surface area contributed by atoms with E-state index in [4.69, 9.17) is 4.74 Å². The zero-order chi connectivity index (χ0) is 18.7. The van der Waals surface area contributed by atoms with Crippen molar-refractivity contribution in [1.29, 1.82) is 0 Å². The minimum atomic E-state index is -0.811. The number of aromatic nitrogens is 2. The molecule has 0 radical (unpaired) electrons. The predicted molar refractivity (Wildman–Crippen MR) is 94.2 cm³/mol. The van der Waals surface area contributed by atoms with Gasteiger partial charge in [0.15, 0.2) is 5.69 Å². The van der Waals surface area contributed by atoms with Crippen LogP contribution in [0.1, 0.15) is 42.9 Å². The summed E-state index contributed by atoms with van der Waals surface area (Å²) in [4.78, 5) is 14.4. The number of halogens is 1. The molecule has 1 aromatic heterocycles. The van der Waals surface area contributed by atoms with Gasteiger partial charge in [0.1, 0.15) is 18.2 Å². The van der Waals surface area contributed by atoms with Crippen LogP contribution in [0, 0.1) is 11.7 Å². The summed E-state index contributed by atoms with van der Waals surface area (Å²) in [7, 11) is 0. The average molecular weight is 361 g/mol. The molecule has 1 aliphatic rings. The summed E-state index contributed by atoms with van der Waals surface area (Å²) in [6.07, 6.45) is 1.76. The lowest BCUT2D eigenvalue weighted by Gasteiger charge is -2.38. The van der Waals surface area contributed by atoms with E-state index in [1.165, 1.54) is 12.1 Å². The Morgan fingerprint density at radius 2 is 2.27 bits per heavy atom. The van der Waals surface area contributed by atoms with Crippen molar-refractivity contribution in [3.8, 4) is 5.75 Å². The van der Waals surface area contributed by atoms with Crippen molar-refractivity contribution in [2.75, 3.05) is 13.1 Å². The highest BCUT2D eigenvalue weighted by atomic mass is 19.1. The van der Waals surface area contributed by atoms with Gasteiger partial charge in [0.2, 0.25) is 0 Å². The molecule has 0 aliphatic carbocycles. The van der Waals surface area contributed by atoms with Crippen LogP contribution in [-0.4, -0.2) is 44.8 Å². The monoisotopic (exact) mass is 361 g/mol. The maximum Gasteiger partial charge on any atom is 0.274 e. The molecule has 1 aliphatic heterocycles. The second-order valence-corrected chi connectivity index (χ2v) is 7.27. The van der Waals surface area contributed by atoms with Crippen LogP contribution in [0.5, 0.6) is 5.75 Å². The van der Waals surface area contributed by atoms with E-state index < -0.39 is 5.60 Å². The number of aliphatic hydroxyl groups is 1. The van der Waals surface area contributed by atoms with E-state index in [9.17, 15) is 14.3 Å². The highest BCUT2D eigenvalue weighted by Gasteiger charge is 2.33. The number of piperidine rings is 1. The number of nitrogens with zero attached hydrogens (tertiary/aromatic N) is 2. The SMILES string of the molecule is CC(C)(O)[C@@H]1CCCN(C(=O)c2cc(COc3cccc(F)c3)[nH]n2)C1. The van der Waals surface area contributed by atoms with Gasteiger partial charge in [-0.1, -0.05) is 6.07 Å². The van der Waals surface area contributed by atoms with Crippen molar-refractivity contribution < 1.29 is 19.0 Å². The van der Waals surface area contributed by atoms with Crippen LogP contribution < -0.4 is 4.74 Å². The lowest BCUT2D eigenvalue weighted by molar-refractivity contribution is -0.0147. The van der Waals surface area contributed by atoms with Crippen LogP contribution >= 0.6 is 0 Å². The Morgan fingerprint density at radius 1 is 1.46 bits per heavy atom. The number of hydrogen-bond donors (Lipinski definition) is 2. The maximum atomic E-state index is 13.2. The van der Waals surface area contributed by atoms with Gasteiger partial charge < -0.3 is 14.7 Å². The fourth-order valence-corrected chi connectivity index (χ4v) is 3.16. The molecule has 0 unspecified atom stereocenters. The number of aromatic amines is 1. The first kappa shape index (κ1) is 18.4. The summed E-state index contributed by atoms with van der Waals surface area (Å²) >= 11 is 0. The third-order valence-corrected chi connectivity index (χ3v) is 4.75. The van der Waals surface area contributed by atoms with Crippen molar-refractivity contribution in [3.63, 3.8) is 0 Å². The maximum absolute atomic E-state index is 13.2. The summed E-state index contributed by atoms with van der Waals surface area (Å²) in [6, 6.07) is 7.53. The number of likely N-dealkylation sites (tertiary alicyclic amines) is 1. The van der Waals surface area contributed by atoms with Crippen molar-refractivity contribution >= 4 is 5.91 Å². The molecule has 1 saturated heterocycles. The van der Waals surface area contributed by atoms with E-state index in [0.717, 1.165) is 12.8 Å². The number of benzene rings is 1. The number of nitrogens with one attached hydrogen (secondary N) is 1. The first-order chi connectivity index (χ1) is 12.3. The fourth-order valence-electron chi connectivity index (χ4n) is 3.16. The molecule has 2 heterocycles. The van der Waals surface area contributed by atoms with E-state index in [-0.39, 0.29) is 24.2 Å². The Kier molecular flexibility index (Phi) is 5.27. The number of H-pyrrole nitrogens is 1. The van der Waals surface area contributed by atoms with Gasteiger partial charge in [-0.05, 0) is 44.9 Å². The Balaban J connectivity index is 1.61. The molecule has 0 saturated carbocycles. The van der Waals surface area contributed by atoms with Crippen LogP contribution in [0.15, 0.2) is 30.3 Å². The molecular formula is C19H24FN3O3. The average Bonchev–Trinajstić information content (AvgIpc) is 3.08. The Bertz CT molecular complexity index is 769. The largest absolute Gasteiger partial charge is 0.487 e. The molecule has 1 fully saturated rings. The normalized spacial score (nSPS) is 18.0. The molecule has 7 heteroatoms. The van der Waals surface area contributed by atoms with Gasteiger partial charge in [-0.2, -0.15) is 5.10 Å². The number of ether oxygens (including phenoxy) is 1. The highest BCUT2D eigenvalue weighted by Crippen LogP contribution is 2.27. The molecule has 0 spiro atoms. The second kappa shape index (κ2) is 7.45. The topological polar surface area (TPSA) is 78.5 Å². The third-order valence-electron chi connectivity index (χ3n) is 4.75. The zero-order valence-electron chi connectivity index (χ0n) is 15.0. The summed E-state index contributed by atoms with van der Waals surface area (Å²) in [5.74, 6) is -0.0620. The highest BCUT2D eigenvalue weighted by molar-refractivity contribution is 5.92. The fraction of sp³-hybridized carbons (Fsp3) is 0.474. The molecule has 0 bridgehead atoms. The van der Waals surface area contributed by atoms with Crippen LogP contribution in [0.4, 0.5) is 4.39 Å². The van der Waals surface area contributed by atoms with Gasteiger partial charge >= 0.3 is 0 Å². The smallest absolute Gasteiger partial charge is 0.274 e. The molecule has 2 aromatic rings. The number of carbonyl (C=O) groups is 1. The van der Waals surface area contributed by atoms with Gasteiger partial charge in [0, 0.05) is 25.1 Å². The third kappa shape index (κ3) is 4.40. The number of hydrogen-bond acceptors (Lipinski definition) is 4. The molecule has 1 amide bonds. The first-order valence-corrected chi connectivity index (χ1v) is 8.77. The van der Waals surface area contributed by atoms with Gasteiger partial charge in [-0.3, -0.25) is 9.89 Å². The Labute approximate surface area is 152 Å². The van der Waals surface area contributed by atoms with Crippen molar-refractivity contribution in [2.24, 2.45) is 5.92 Å². The lowest BCUT2D eigenvalue weighted by atomic mass is 9.84. The predicted octanol–water partition coefficient (Wildman–Crippen LogP) is 2.75. The molecule has 1 aromatic carbocycles. The summed E-state index contributed by atoms with van der Waals surface area (Å²) < 4.78 is 18.7. The standard InChI is InChI=1S/C19H24FN3O3/c1-19(2,25)13-5-4-8-23(11-13)18(24)17-10-15(21-22-17)12-26-16-7-3-6-14(20)9-16/h3,6-7,9-10,13,25H,4-5,8,11-12H2,1-2H3,(H,21,22)/t13-/m1/s1. The summed E-state index contributed by atoms with van der Waals surface area (Å²) in [5, 5.41) is 17.1. The second-order valence-electron chi connectivity index (χ2n) is 7.27. The van der Waals surface area contributed by atoms with E-state index >= 15 is 0 Å². The van der Waals surface area contributed by atoms with Gasteiger partial charge in [-0.25, -0.2) is 4.39 Å². The van der Waals surface area contributed by atoms with E-state index in [0.29, 0.717) is 30.2 Å². The van der Waals surface area contributed by atoms with Gasteiger partial charge in [-0.15, -0.1) is 0 Å². The van der Waals surface area contributed by atoms with Gasteiger partial charge in [0.25, 0.3) is 5.91 Å². The van der Waals surface area contributed by atoms with Crippen LogP contribution in [0.3, 0.4) is 0 Å². The van der Waals surface area contributed by atoms with Crippen LogP contribution in [-0.2, 0) is 6.61 Å². The van der Waals surface area contributed by atoms with E-state index in [1.54, 1.807) is 36.9 Å². The molecular weight excluding hydrogens is 337 g/mol. The zero-order valence-corrected chi connectivity index (χ0v) is 15.0. The molecule has 140 valence electrons. The number of amides is 1. The Morgan fingerprint density at radius 3 is 3.00 bits per heavy atom. The lowest BCUT2D eigenvalue weighted by Crippen LogP contribution is -2.47. The Hall–Kier alpha value is -2.41. The van der Waals surface area contributed by atoms with Crippen LogP contribution in [0.25, 0.3) is 0 Å². The molecule has 1 atom stereocenters. The quantitative estimate of drug-likeness (QED) is 0.858. The van der Waals surface area contributed by atoms with Gasteiger partial charge in [0.05, 0.1) is 11.3 Å². The summed E-state index contributed by atoms with van der Waals surface area (Å²) in [5.41, 5.74) is 0.141. The number of rotatable bonds is 5. The summed E-state index contributed by atoms with van der Waals surface area (Å²) in [6.45, 7) is 4.90. The minimum Gasteiger partial charge on any atom is -0.487 e. The van der Waals surface area contributed by atoms with Crippen molar-refractivity contribution in [2.45, 2.75) is 38.9 Å². The molecule has 6 nitrogen and oxygen atoms in total. The molecule has 3 rings (SSSR count). The molecule has 2 N–H and O–H groups in total. The van der Waals surface area contributed by atoms with Crippen molar-refractivity contribution in [3.05, 3.63) is 47.5 Å². The van der Waals surface area contributed by atoms with E-state index in [2.05, 4.69) is 10.2 Å².